The van der Waals surface area contributed by atoms with E-state index in [1.54, 1.807) is 47.1 Å². The molecule has 0 radical (unpaired) electrons. The van der Waals surface area contributed by atoms with Gasteiger partial charge in [-0.05, 0) is 37.3 Å². The van der Waals surface area contributed by atoms with Crippen LogP contribution in [-0.2, 0) is 24.1 Å². The fraction of sp³-hybridized carbons (Fsp3) is 0.348. The summed E-state index contributed by atoms with van der Waals surface area (Å²) in [7, 11) is 0. The highest BCUT2D eigenvalue weighted by Crippen LogP contribution is 2.31. The van der Waals surface area contributed by atoms with E-state index >= 15 is 0 Å². The van der Waals surface area contributed by atoms with Crippen molar-refractivity contribution in [1.82, 2.24) is 14.0 Å². The molecular weight excluding hydrogens is 437 g/mol. The molecule has 4 rings (SSSR count). The maximum atomic E-state index is 13.0. The van der Waals surface area contributed by atoms with Crippen LogP contribution in [0, 0.1) is 0 Å². The maximum absolute atomic E-state index is 13.0. The highest BCUT2D eigenvalue weighted by atomic mass is 19.4. The number of piperazine rings is 1. The molecule has 1 amide bonds. The number of fused-ring (bicyclic) bond motifs is 1. The summed E-state index contributed by atoms with van der Waals surface area (Å²) in [5, 5.41) is 0.362. The zero-order valence-corrected chi connectivity index (χ0v) is 18.0. The van der Waals surface area contributed by atoms with Crippen molar-refractivity contribution in [3.05, 3.63) is 74.9 Å². The molecule has 0 spiro atoms. The van der Waals surface area contributed by atoms with Crippen LogP contribution in [0.1, 0.15) is 12.5 Å². The number of hydrogen-bond acceptors (Lipinski definition) is 4. The van der Waals surface area contributed by atoms with Crippen molar-refractivity contribution in [2.24, 2.45) is 0 Å². The molecule has 0 bridgehead atoms. The summed E-state index contributed by atoms with van der Waals surface area (Å²) >= 11 is 0. The molecule has 2 aromatic carbocycles. The van der Waals surface area contributed by atoms with Crippen molar-refractivity contribution < 1.29 is 18.0 Å². The van der Waals surface area contributed by atoms with Gasteiger partial charge in [-0.25, -0.2) is 4.79 Å². The van der Waals surface area contributed by atoms with Gasteiger partial charge in [-0.3, -0.25) is 18.7 Å². The van der Waals surface area contributed by atoms with Gasteiger partial charge < -0.3 is 9.80 Å². The van der Waals surface area contributed by atoms with Crippen LogP contribution >= 0.6 is 0 Å². The Morgan fingerprint density at radius 3 is 2.30 bits per heavy atom. The number of benzene rings is 2. The van der Waals surface area contributed by atoms with E-state index in [-0.39, 0.29) is 19.0 Å². The second kappa shape index (κ2) is 8.76. The zero-order valence-electron chi connectivity index (χ0n) is 18.0. The van der Waals surface area contributed by atoms with E-state index in [1.807, 2.05) is 0 Å². The summed E-state index contributed by atoms with van der Waals surface area (Å²) in [4.78, 5) is 41.8. The number of carbonyl (C=O) groups excluding carboxylic acids is 1. The summed E-state index contributed by atoms with van der Waals surface area (Å²) in [5.74, 6) is -0.285. The standard InChI is InChI=1S/C23H23F3N4O3/c1-2-29-21(32)18-8-3-4-9-19(18)30(22(29)33)15-20(31)28-12-10-27(11-13-28)17-7-5-6-16(14-17)23(24,25)26/h3-9,14H,2,10-13,15H2,1H3. The van der Waals surface area contributed by atoms with Gasteiger partial charge in [0.15, 0.2) is 0 Å². The predicted octanol–water partition coefficient (Wildman–Crippen LogP) is 2.55. The third kappa shape index (κ3) is 4.37. The van der Waals surface area contributed by atoms with Crippen molar-refractivity contribution in [2.45, 2.75) is 26.2 Å². The molecule has 0 aliphatic carbocycles. The molecule has 1 aliphatic rings. The van der Waals surface area contributed by atoms with Crippen molar-refractivity contribution in [3.63, 3.8) is 0 Å². The predicted molar refractivity (Wildman–Crippen MR) is 118 cm³/mol. The van der Waals surface area contributed by atoms with Crippen LogP contribution in [0.5, 0.6) is 0 Å². The number of amides is 1. The Kier molecular flexibility index (Phi) is 6.01. The van der Waals surface area contributed by atoms with Gasteiger partial charge in [0.25, 0.3) is 5.56 Å². The second-order valence-corrected chi connectivity index (χ2v) is 7.85. The molecule has 1 aromatic heterocycles. The van der Waals surface area contributed by atoms with Crippen LogP contribution in [0.25, 0.3) is 10.9 Å². The number of alkyl halides is 3. The number of hydrogen-bond donors (Lipinski definition) is 0. The highest BCUT2D eigenvalue weighted by molar-refractivity contribution is 5.81. The van der Waals surface area contributed by atoms with Crippen molar-refractivity contribution in [1.29, 1.82) is 0 Å². The van der Waals surface area contributed by atoms with Crippen LogP contribution in [0.4, 0.5) is 18.9 Å². The summed E-state index contributed by atoms with van der Waals surface area (Å²) in [5.41, 5.74) is -0.799. The average Bonchev–Trinajstić information content (AvgIpc) is 2.81. The van der Waals surface area contributed by atoms with Crippen LogP contribution in [0.2, 0.25) is 0 Å². The number of aromatic nitrogens is 2. The largest absolute Gasteiger partial charge is 0.416 e. The van der Waals surface area contributed by atoms with Crippen molar-refractivity contribution >= 4 is 22.5 Å². The highest BCUT2D eigenvalue weighted by Gasteiger charge is 2.31. The number of anilines is 1. The lowest BCUT2D eigenvalue weighted by molar-refractivity contribution is -0.137. The van der Waals surface area contributed by atoms with Gasteiger partial charge in [-0.2, -0.15) is 13.2 Å². The molecular formula is C23H23F3N4O3. The van der Waals surface area contributed by atoms with Crippen LogP contribution < -0.4 is 16.1 Å². The van der Waals surface area contributed by atoms with Crippen LogP contribution in [-0.4, -0.2) is 46.1 Å². The minimum atomic E-state index is -4.42. The molecule has 10 heteroatoms. The Balaban J connectivity index is 1.52. The number of halogens is 3. The van der Waals surface area contributed by atoms with Crippen LogP contribution in [0.15, 0.2) is 58.1 Å². The number of rotatable bonds is 4. The molecule has 2 heterocycles. The van der Waals surface area contributed by atoms with Gasteiger partial charge in [0.1, 0.15) is 6.54 Å². The van der Waals surface area contributed by atoms with E-state index in [0.29, 0.717) is 42.8 Å². The summed E-state index contributed by atoms with van der Waals surface area (Å²) < 4.78 is 41.4. The molecule has 0 atom stereocenters. The minimum absolute atomic E-state index is 0.187. The molecule has 7 nitrogen and oxygen atoms in total. The van der Waals surface area contributed by atoms with Crippen molar-refractivity contribution in [2.75, 3.05) is 31.1 Å². The maximum Gasteiger partial charge on any atom is 0.416 e. The Bertz CT molecular complexity index is 1300. The number of para-hydroxylation sites is 1. The SMILES string of the molecule is CCn1c(=O)c2ccccc2n(CC(=O)N2CCN(c3cccc(C(F)(F)F)c3)CC2)c1=O. The monoisotopic (exact) mass is 460 g/mol. The fourth-order valence-electron chi connectivity index (χ4n) is 4.13. The lowest BCUT2D eigenvalue weighted by Gasteiger charge is -2.36. The minimum Gasteiger partial charge on any atom is -0.368 e. The molecule has 1 saturated heterocycles. The third-order valence-electron chi connectivity index (χ3n) is 5.91. The smallest absolute Gasteiger partial charge is 0.368 e. The Morgan fingerprint density at radius 2 is 1.64 bits per heavy atom. The average molecular weight is 460 g/mol. The van der Waals surface area contributed by atoms with Gasteiger partial charge in [-0.15, -0.1) is 0 Å². The molecule has 33 heavy (non-hydrogen) atoms. The van der Waals surface area contributed by atoms with E-state index in [9.17, 15) is 27.6 Å². The van der Waals surface area contributed by atoms with E-state index in [1.165, 1.54) is 10.6 Å². The molecule has 0 N–H and O–H groups in total. The van der Waals surface area contributed by atoms with E-state index in [0.717, 1.165) is 16.7 Å². The van der Waals surface area contributed by atoms with Gasteiger partial charge in [0, 0.05) is 38.4 Å². The van der Waals surface area contributed by atoms with Gasteiger partial charge in [0.2, 0.25) is 5.91 Å². The van der Waals surface area contributed by atoms with Gasteiger partial charge in [0.05, 0.1) is 16.5 Å². The van der Waals surface area contributed by atoms with E-state index < -0.39 is 23.0 Å². The molecule has 174 valence electrons. The fourth-order valence-corrected chi connectivity index (χ4v) is 4.13. The first kappa shape index (κ1) is 22.6. The zero-order chi connectivity index (χ0) is 23.8. The Labute approximate surface area is 187 Å². The van der Waals surface area contributed by atoms with E-state index in [4.69, 9.17) is 0 Å². The van der Waals surface area contributed by atoms with E-state index in [2.05, 4.69) is 0 Å². The molecule has 1 fully saturated rings. The van der Waals surface area contributed by atoms with Crippen LogP contribution in [0.3, 0.4) is 0 Å². The molecule has 1 aliphatic heterocycles. The normalized spacial score (nSPS) is 14.7. The first-order valence-electron chi connectivity index (χ1n) is 10.6. The Hall–Kier alpha value is -3.56. The van der Waals surface area contributed by atoms with Crippen molar-refractivity contribution in [3.8, 4) is 0 Å². The molecule has 3 aromatic rings. The summed E-state index contributed by atoms with van der Waals surface area (Å²) in [6.07, 6.45) is -4.42. The lowest BCUT2D eigenvalue weighted by Crippen LogP contribution is -2.50. The first-order valence-corrected chi connectivity index (χ1v) is 10.6. The number of nitrogens with zero attached hydrogens (tertiary/aromatic N) is 4. The van der Waals surface area contributed by atoms with Gasteiger partial charge in [-0.1, -0.05) is 18.2 Å². The second-order valence-electron chi connectivity index (χ2n) is 7.85. The molecule has 0 saturated carbocycles. The Morgan fingerprint density at radius 1 is 0.939 bits per heavy atom. The van der Waals surface area contributed by atoms with Gasteiger partial charge >= 0.3 is 11.9 Å². The molecule has 0 unspecified atom stereocenters. The third-order valence-corrected chi connectivity index (χ3v) is 5.91. The first-order chi connectivity index (χ1) is 15.7. The quantitative estimate of drug-likeness (QED) is 0.600. The summed E-state index contributed by atoms with van der Waals surface area (Å²) in [6, 6.07) is 11.8. The summed E-state index contributed by atoms with van der Waals surface area (Å²) in [6.45, 7) is 3.03. The number of carbonyl (C=O) groups is 1. The topological polar surface area (TPSA) is 67.6 Å². The lowest BCUT2D eigenvalue weighted by atomic mass is 10.1.